The van der Waals surface area contributed by atoms with Crippen LogP contribution >= 0.6 is 20.0 Å². The number of anilines is 5. The highest BCUT2D eigenvalue weighted by Gasteiger charge is 2.16. The first-order valence-corrected chi connectivity index (χ1v) is 9.42. The summed E-state index contributed by atoms with van der Waals surface area (Å²) in [5.41, 5.74) is 6.47. The summed E-state index contributed by atoms with van der Waals surface area (Å²) in [6.07, 6.45) is 1.50. The summed E-state index contributed by atoms with van der Waals surface area (Å²) in [5, 5.41) is 7.46. The smallest absolute Gasteiger partial charge is 0.230 e. The fourth-order valence-corrected chi connectivity index (χ4v) is 3.50. The molecule has 0 saturated carbocycles. The zero-order valence-corrected chi connectivity index (χ0v) is 16.3. The molecule has 1 aromatic carbocycles. The molecule has 3 aromatic rings. The number of pyridine rings is 1. The Kier molecular flexibility index (Phi) is 6.36. The molecule has 8 nitrogen and oxygen atoms in total. The van der Waals surface area contributed by atoms with Crippen LogP contribution in [0.15, 0.2) is 48.7 Å². The number of hydrogen-bond acceptors (Lipinski definition) is 8. The number of para-hydroxylation sites is 1. The lowest BCUT2D eigenvalue weighted by Gasteiger charge is -2.17. The second kappa shape index (κ2) is 8.92. The highest BCUT2D eigenvalue weighted by Crippen LogP contribution is 2.38. The lowest BCUT2D eigenvalue weighted by atomic mass is 10.3. The van der Waals surface area contributed by atoms with Gasteiger partial charge in [0.1, 0.15) is 16.7 Å². The van der Waals surface area contributed by atoms with Gasteiger partial charge >= 0.3 is 0 Å². The minimum absolute atomic E-state index is 0.332. The van der Waals surface area contributed by atoms with Crippen LogP contribution in [0.3, 0.4) is 0 Å². The molecule has 0 aliphatic carbocycles. The van der Waals surface area contributed by atoms with E-state index in [1.807, 2.05) is 24.3 Å². The number of nitrogens with two attached hydrogens (primary N) is 1. The van der Waals surface area contributed by atoms with E-state index < -0.39 is 8.38 Å². The van der Waals surface area contributed by atoms with Gasteiger partial charge < -0.3 is 25.4 Å². The Morgan fingerprint density at radius 3 is 2.52 bits per heavy atom. The van der Waals surface area contributed by atoms with Crippen molar-refractivity contribution < 1.29 is 9.05 Å². The Hall–Kier alpha value is -2.51. The van der Waals surface area contributed by atoms with Crippen LogP contribution in [0.1, 0.15) is 0 Å². The van der Waals surface area contributed by atoms with Gasteiger partial charge in [0.05, 0.1) is 17.2 Å². The van der Waals surface area contributed by atoms with E-state index in [2.05, 4.69) is 25.6 Å². The molecule has 0 fully saturated rings. The number of nitrogens with zero attached hydrogens (tertiary/aromatic N) is 3. The molecule has 10 heteroatoms. The van der Waals surface area contributed by atoms with Crippen LogP contribution in [0, 0.1) is 0 Å². The normalized spacial score (nSPS) is 10.8. The molecule has 0 bridgehead atoms. The van der Waals surface area contributed by atoms with Crippen molar-refractivity contribution in [3.8, 4) is 0 Å². The molecule has 3 rings (SSSR count). The van der Waals surface area contributed by atoms with E-state index in [9.17, 15) is 0 Å². The van der Waals surface area contributed by atoms with Gasteiger partial charge in [0.25, 0.3) is 0 Å². The molecule has 27 heavy (non-hydrogen) atoms. The highest BCUT2D eigenvalue weighted by atomic mass is 35.5. The summed E-state index contributed by atoms with van der Waals surface area (Å²) in [5.74, 6) is 1.70. The molecule has 2 heterocycles. The van der Waals surface area contributed by atoms with Gasteiger partial charge in [0.15, 0.2) is 5.82 Å². The summed E-state index contributed by atoms with van der Waals surface area (Å²) in [7, 11) is 1.99. The molecule has 0 atom stereocenters. The molecule has 0 saturated heterocycles. The van der Waals surface area contributed by atoms with Crippen molar-refractivity contribution in [1.29, 1.82) is 0 Å². The van der Waals surface area contributed by atoms with Crippen molar-refractivity contribution in [2.75, 3.05) is 30.6 Å². The SMILES string of the molecule is COP(OC)c1ccccc1Nc1nc(Nc2cccc(N)n2)ncc1Cl. The predicted octanol–water partition coefficient (Wildman–Crippen LogP) is 3.82. The standard InChI is InChI=1S/C17H18ClN6O2P/c1-25-27(26-2)13-7-4-3-6-12(13)21-16-11(18)10-20-17(24-16)23-15-9-5-8-14(19)22-15/h3-10H,1-2H3,(H4,19,20,21,22,23,24). The quantitative estimate of drug-likeness (QED) is 0.510. The molecule has 0 unspecified atom stereocenters. The lowest BCUT2D eigenvalue weighted by Crippen LogP contribution is -2.11. The van der Waals surface area contributed by atoms with E-state index >= 15 is 0 Å². The maximum Gasteiger partial charge on any atom is 0.230 e. The summed E-state index contributed by atoms with van der Waals surface area (Å²) >= 11 is 6.27. The lowest BCUT2D eigenvalue weighted by molar-refractivity contribution is 0.350. The third kappa shape index (κ3) is 4.81. The van der Waals surface area contributed by atoms with E-state index in [0.717, 1.165) is 11.0 Å². The van der Waals surface area contributed by atoms with Gasteiger partial charge in [-0.1, -0.05) is 29.8 Å². The van der Waals surface area contributed by atoms with Gasteiger partial charge in [-0.05, 0) is 24.3 Å². The second-order valence-electron chi connectivity index (χ2n) is 5.23. The molecular weight excluding hydrogens is 387 g/mol. The molecular formula is C17H18ClN6O2P. The van der Waals surface area contributed by atoms with Crippen LogP contribution in [0.25, 0.3) is 0 Å². The van der Waals surface area contributed by atoms with Gasteiger partial charge in [-0.3, -0.25) is 0 Å². The number of nitrogen functional groups attached to an aromatic ring is 1. The average molecular weight is 405 g/mol. The monoisotopic (exact) mass is 404 g/mol. The van der Waals surface area contributed by atoms with E-state index in [-0.39, 0.29) is 0 Å². The molecule has 0 radical (unpaired) electrons. The number of benzene rings is 1. The van der Waals surface area contributed by atoms with Crippen LogP contribution in [-0.2, 0) is 9.05 Å². The fraction of sp³-hybridized carbons (Fsp3) is 0.118. The number of aromatic nitrogens is 3. The predicted molar refractivity (Wildman–Crippen MR) is 109 cm³/mol. The largest absolute Gasteiger partial charge is 0.384 e. The van der Waals surface area contributed by atoms with Crippen molar-refractivity contribution in [3.05, 3.63) is 53.7 Å². The maximum atomic E-state index is 6.27. The van der Waals surface area contributed by atoms with Gasteiger partial charge in [0.2, 0.25) is 14.3 Å². The number of halogens is 1. The fourth-order valence-electron chi connectivity index (χ4n) is 2.29. The van der Waals surface area contributed by atoms with Crippen LogP contribution in [0.4, 0.5) is 29.1 Å². The summed E-state index contributed by atoms with van der Waals surface area (Å²) in [6, 6.07) is 12.9. The number of rotatable bonds is 7. The van der Waals surface area contributed by atoms with E-state index in [0.29, 0.717) is 28.4 Å². The third-order valence-electron chi connectivity index (χ3n) is 3.44. The molecule has 0 aliphatic heterocycles. The summed E-state index contributed by atoms with van der Waals surface area (Å²) in [4.78, 5) is 12.8. The second-order valence-corrected chi connectivity index (χ2v) is 7.36. The summed E-state index contributed by atoms with van der Waals surface area (Å²) in [6.45, 7) is 0. The number of hydrogen-bond donors (Lipinski definition) is 3. The topological polar surface area (TPSA) is 107 Å². The average Bonchev–Trinajstić information content (AvgIpc) is 2.67. The molecule has 2 aromatic heterocycles. The van der Waals surface area contributed by atoms with Crippen LogP contribution in [0.2, 0.25) is 5.02 Å². The van der Waals surface area contributed by atoms with Crippen molar-refractivity contribution in [2.45, 2.75) is 0 Å². The van der Waals surface area contributed by atoms with E-state index in [1.54, 1.807) is 32.4 Å². The van der Waals surface area contributed by atoms with Crippen LogP contribution < -0.4 is 21.7 Å². The Morgan fingerprint density at radius 1 is 1.00 bits per heavy atom. The zero-order chi connectivity index (χ0) is 19.2. The van der Waals surface area contributed by atoms with Gasteiger partial charge in [-0.2, -0.15) is 4.98 Å². The van der Waals surface area contributed by atoms with Crippen molar-refractivity contribution in [2.24, 2.45) is 0 Å². The molecule has 0 aliphatic rings. The van der Waals surface area contributed by atoms with Gasteiger partial charge in [0, 0.05) is 14.2 Å². The first-order valence-electron chi connectivity index (χ1n) is 7.87. The third-order valence-corrected chi connectivity index (χ3v) is 5.16. The first kappa shape index (κ1) is 19.3. The van der Waals surface area contributed by atoms with Gasteiger partial charge in [-0.15, -0.1) is 0 Å². The van der Waals surface area contributed by atoms with Crippen molar-refractivity contribution >= 4 is 54.4 Å². The molecule has 0 spiro atoms. The molecule has 0 amide bonds. The molecule has 140 valence electrons. The van der Waals surface area contributed by atoms with E-state index in [1.165, 1.54) is 6.20 Å². The van der Waals surface area contributed by atoms with Crippen LogP contribution in [0.5, 0.6) is 0 Å². The first-order chi connectivity index (χ1) is 13.1. The Labute approximate surface area is 163 Å². The minimum Gasteiger partial charge on any atom is -0.384 e. The molecule has 4 N–H and O–H groups in total. The zero-order valence-electron chi connectivity index (χ0n) is 14.7. The van der Waals surface area contributed by atoms with Crippen molar-refractivity contribution in [3.63, 3.8) is 0 Å². The minimum atomic E-state index is -1.22. The number of nitrogens with one attached hydrogen (secondary N) is 2. The Bertz CT molecular complexity index is 925. The van der Waals surface area contributed by atoms with Gasteiger partial charge in [-0.25, -0.2) is 9.97 Å². The maximum absolute atomic E-state index is 6.27. The van der Waals surface area contributed by atoms with E-state index in [4.69, 9.17) is 26.4 Å². The van der Waals surface area contributed by atoms with Crippen LogP contribution in [-0.4, -0.2) is 29.2 Å². The van der Waals surface area contributed by atoms with Crippen molar-refractivity contribution in [1.82, 2.24) is 15.0 Å². The Balaban J connectivity index is 1.88. The Morgan fingerprint density at radius 2 is 1.78 bits per heavy atom. The highest BCUT2D eigenvalue weighted by molar-refractivity contribution is 7.56. The summed E-state index contributed by atoms with van der Waals surface area (Å²) < 4.78 is 10.8.